The second-order valence-electron chi connectivity index (χ2n) is 4.55. The molecule has 1 aromatic carbocycles. The monoisotopic (exact) mass is 251 g/mol. The first-order valence-electron chi connectivity index (χ1n) is 5.89. The molecule has 1 fully saturated rings. The van der Waals surface area contributed by atoms with Gasteiger partial charge in [-0.2, -0.15) is 0 Å². The normalized spacial score (nSPS) is 27.3. The van der Waals surface area contributed by atoms with Crippen molar-refractivity contribution in [3.05, 3.63) is 35.4 Å². The van der Waals surface area contributed by atoms with Gasteiger partial charge in [-0.25, -0.2) is 0 Å². The molecule has 3 N–H and O–H groups in total. The van der Waals surface area contributed by atoms with Gasteiger partial charge in [0.25, 0.3) is 0 Å². The van der Waals surface area contributed by atoms with E-state index in [4.69, 9.17) is 9.84 Å². The molecule has 0 bridgehead atoms. The molecule has 1 aromatic rings. The molecule has 2 rings (SSSR count). The van der Waals surface area contributed by atoms with Gasteiger partial charge in [-0.1, -0.05) is 29.8 Å². The zero-order chi connectivity index (χ0) is 13.1. The maximum absolute atomic E-state index is 10.8. The third kappa shape index (κ3) is 2.87. The minimum absolute atomic E-state index is 0.351. The molecule has 0 radical (unpaired) electrons. The highest BCUT2D eigenvalue weighted by Crippen LogP contribution is 2.14. The molecule has 1 aliphatic heterocycles. The summed E-state index contributed by atoms with van der Waals surface area (Å²) < 4.78 is 5.56. The molecule has 0 spiro atoms. The van der Waals surface area contributed by atoms with Crippen molar-refractivity contribution >= 4 is 5.97 Å². The number of aliphatic hydroxyl groups excluding tert-OH is 1. The molecule has 3 atom stereocenters. The Balaban J connectivity index is 1.90. The van der Waals surface area contributed by atoms with Crippen LogP contribution >= 0.6 is 0 Å². The van der Waals surface area contributed by atoms with Crippen molar-refractivity contribution in [1.29, 1.82) is 0 Å². The molecular formula is C13H17NO4. The van der Waals surface area contributed by atoms with Crippen LogP contribution in [0.3, 0.4) is 0 Å². The summed E-state index contributed by atoms with van der Waals surface area (Å²) in [6.07, 6.45) is -1.49. The van der Waals surface area contributed by atoms with Gasteiger partial charge < -0.3 is 14.9 Å². The molecule has 1 heterocycles. The molecular weight excluding hydrogens is 234 g/mol. The maximum atomic E-state index is 10.8. The van der Waals surface area contributed by atoms with Crippen LogP contribution in [0.15, 0.2) is 24.3 Å². The summed E-state index contributed by atoms with van der Waals surface area (Å²) in [7, 11) is 0. The number of rotatable bonds is 4. The van der Waals surface area contributed by atoms with E-state index in [9.17, 15) is 9.90 Å². The molecule has 5 heteroatoms. The van der Waals surface area contributed by atoms with Crippen molar-refractivity contribution in [2.24, 2.45) is 0 Å². The fourth-order valence-corrected chi connectivity index (χ4v) is 2.10. The number of aliphatic hydroxyl groups is 1. The van der Waals surface area contributed by atoms with Crippen LogP contribution in [0, 0.1) is 6.92 Å². The summed E-state index contributed by atoms with van der Waals surface area (Å²) >= 11 is 0. The molecule has 0 amide bonds. The summed E-state index contributed by atoms with van der Waals surface area (Å²) in [5.74, 6) is -1.05. The van der Waals surface area contributed by atoms with E-state index in [1.807, 2.05) is 31.2 Å². The zero-order valence-corrected chi connectivity index (χ0v) is 10.2. The van der Waals surface area contributed by atoms with Gasteiger partial charge in [-0.3, -0.25) is 10.1 Å². The molecule has 0 aromatic heterocycles. The van der Waals surface area contributed by atoms with Crippen LogP contribution in [-0.4, -0.2) is 41.0 Å². The number of hydrogen-bond donors (Lipinski definition) is 3. The lowest BCUT2D eigenvalue weighted by molar-refractivity contribution is -0.142. The van der Waals surface area contributed by atoms with Gasteiger partial charge in [0, 0.05) is 6.54 Å². The van der Waals surface area contributed by atoms with Crippen molar-refractivity contribution in [2.75, 3.05) is 6.54 Å². The average Bonchev–Trinajstić information content (AvgIpc) is 2.68. The molecule has 98 valence electrons. The quantitative estimate of drug-likeness (QED) is 0.717. The minimum Gasteiger partial charge on any atom is -0.480 e. The number of hydrogen-bond acceptors (Lipinski definition) is 4. The largest absolute Gasteiger partial charge is 0.480 e. The third-order valence-electron chi connectivity index (χ3n) is 3.07. The molecule has 5 nitrogen and oxygen atoms in total. The van der Waals surface area contributed by atoms with Gasteiger partial charge in [0.2, 0.25) is 0 Å². The van der Waals surface area contributed by atoms with Crippen molar-refractivity contribution in [3.63, 3.8) is 0 Å². The number of carboxylic acid groups (broad SMARTS) is 1. The van der Waals surface area contributed by atoms with E-state index in [-0.39, 0.29) is 0 Å². The highest BCUT2D eigenvalue weighted by atomic mass is 16.5. The lowest BCUT2D eigenvalue weighted by Crippen LogP contribution is -2.40. The third-order valence-corrected chi connectivity index (χ3v) is 3.07. The second-order valence-corrected chi connectivity index (χ2v) is 4.55. The number of carbonyl (C=O) groups is 1. The first kappa shape index (κ1) is 13.0. The van der Waals surface area contributed by atoms with Crippen molar-refractivity contribution < 1.29 is 19.7 Å². The Kier molecular flexibility index (Phi) is 3.96. The molecule has 0 aliphatic carbocycles. The van der Waals surface area contributed by atoms with Gasteiger partial charge in [-0.15, -0.1) is 0 Å². The Morgan fingerprint density at radius 3 is 2.94 bits per heavy atom. The van der Waals surface area contributed by atoms with E-state index in [0.717, 1.165) is 11.1 Å². The van der Waals surface area contributed by atoms with Gasteiger partial charge in [0.15, 0.2) is 0 Å². The van der Waals surface area contributed by atoms with Crippen LogP contribution in [0.1, 0.15) is 11.1 Å². The number of benzene rings is 1. The zero-order valence-electron chi connectivity index (χ0n) is 10.2. The Labute approximate surface area is 105 Å². The van der Waals surface area contributed by atoms with Gasteiger partial charge >= 0.3 is 5.97 Å². The predicted octanol–water partition coefficient (Wildman–Crippen LogP) is 0.298. The van der Waals surface area contributed by atoms with Crippen LogP contribution in [0.25, 0.3) is 0 Å². The standard InChI is InChI=1S/C13H17NO4/c1-8-3-2-4-9(5-8)7-18-10-6-14-11(12(10)15)13(16)17/h2-5,10-12,14-15H,6-7H2,1H3,(H,16,17)/t10-,11+,12+/m1/s1. The Hall–Kier alpha value is -1.43. The highest BCUT2D eigenvalue weighted by molar-refractivity contribution is 5.74. The smallest absolute Gasteiger partial charge is 0.323 e. The van der Waals surface area contributed by atoms with Gasteiger partial charge in [0.1, 0.15) is 12.1 Å². The number of carboxylic acids is 1. The highest BCUT2D eigenvalue weighted by Gasteiger charge is 2.39. The first-order valence-corrected chi connectivity index (χ1v) is 5.89. The molecule has 0 saturated carbocycles. The van der Waals surface area contributed by atoms with E-state index in [0.29, 0.717) is 13.2 Å². The molecule has 0 unspecified atom stereocenters. The Morgan fingerprint density at radius 2 is 2.33 bits per heavy atom. The maximum Gasteiger partial charge on any atom is 0.323 e. The topological polar surface area (TPSA) is 78.8 Å². The van der Waals surface area contributed by atoms with E-state index < -0.39 is 24.2 Å². The number of aryl methyl sites for hydroxylation is 1. The van der Waals surface area contributed by atoms with Crippen LogP contribution < -0.4 is 5.32 Å². The fraction of sp³-hybridized carbons (Fsp3) is 0.462. The summed E-state index contributed by atoms with van der Waals surface area (Å²) in [6, 6.07) is 6.94. The van der Waals surface area contributed by atoms with Crippen LogP contribution in [0.5, 0.6) is 0 Å². The van der Waals surface area contributed by atoms with Crippen molar-refractivity contribution in [2.45, 2.75) is 31.8 Å². The summed E-state index contributed by atoms with van der Waals surface area (Å²) in [6.45, 7) is 2.72. The molecule has 1 saturated heterocycles. The van der Waals surface area contributed by atoms with E-state index in [2.05, 4.69) is 5.32 Å². The Bertz CT molecular complexity index is 435. The molecule has 1 aliphatic rings. The summed E-state index contributed by atoms with van der Waals surface area (Å²) in [5.41, 5.74) is 2.16. The lowest BCUT2D eigenvalue weighted by Gasteiger charge is -2.16. The van der Waals surface area contributed by atoms with Crippen LogP contribution in [-0.2, 0) is 16.1 Å². The predicted molar refractivity (Wildman–Crippen MR) is 65.2 cm³/mol. The van der Waals surface area contributed by atoms with Crippen LogP contribution in [0.4, 0.5) is 0 Å². The van der Waals surface area contributed by atoms with E-state index in [1.54, 1.807) is 0 Å². The molecule has 18 heavy (non-hydrogen) atoms. The SMILES string of the molecule is Cc1cccc(CO[C@@H]2CN[C@H](C(=O)O)[C@H]2O)c1. The summed E-state index contributed by atoms with van der Waals surface area (Å²) in [4.78, 5) is 10.8. The van der Waals surface area contributed by atoms with E-state index >= 15 is 0 Å². The van der Waals surface area contributed by atoms with E-state index in [1.165, 1.54) is 0 Å². The number of aliphatic carboxylic acids is 1. The fourth-order valence-electron chi connectivity index (χ4n) is 2.10. The first-order chi connectivity index (χ1) is 8.58. The Morgan fingerprint density at radius 1 is 1.56 bits per heavy atom. The summed E-state index contributed by atoms with van der Waals surface area (Å²) in [5, 5.41) is 21.4. The van der Waals surface area contributed by atoms with Gasteiger partial charge in [0.05, 0.1) is 12.7 Å². The second kappa shape index (κ2) is 5.48. The van der Waals surface area contributed by atoms with Crippen molar-refractivity contribution in [1.82, 2.24) is 5.32 Å². The van der Waals surface area contributed by atoms with Gasteiger partial charge in [-0.05, 0) is 12.5 Å². The lowest BCUT2D eigenvalue weighted by atomic mass is 10.1. The average molecular weight is 251 g/mol. The van der Waals surface area contributed by atoms with Crippen LogP contribution in [0.2, 0.25) is 0 Å². The number of nitrogens with one attached hydrogen (secondary N) is 1. The van der Waals surface area contributed by atoms with Crippen molar-refractivity contribution in [3.8, 4) is 0 Å². The number of ether oxygens (including phenoxy) is 1. The minimum atomic E-state index is -1.05.